The van der Waals surface area contributed by atoms with Crippen LogP contribution in [0.25, 0.3) is 6.08 Å². The van der Waals surface area contributed by atoms with Gasteiger partial charge in [-0.25, -0.2) is 9.59 Å². The summed E-state index contributed by atoms with van der Waals surface area (Å²) in [6.07, 6.45) is 2.79. The van der Waals surface area contributed by atoms with E-state index in [-0.39, 0.29) is 11.5 Å². The zero-order chi connectivity index (χ0) is 25.8. The van der Waals surface area contributed by atoms with Crippen LogP contribution in [0.15, 0.2) is 79.1 Å². The zero-order valence-electron chi connectivity index (χ0n) is 18.2. The van der Waals surface area contributed by atoms with Crippen LogP contribution >= 0.6 is 0 Å². The molecular weight excluding hydrogens is 465 g/mol. The Kier molecular flexibility index (Phi) is 9.71. The van der Waals surface area contributed by atoms with Gasteiger partial charge in [-0.05, 0) is 59.9 Å². The SMILES string of the molecule is O=C(/C=C/c1ccncc1)Nc1cc(CCc2ccccc2)ccc1C(=O)O.O=C(O)C(F)(F)F. The Morgan fingerprint density at radius 1 is 0.886 bits per heavy atom. The van der Waals surface area contributed by atoms with Crippen molar-refractivity contribution in [2.24, 2.45) is 0 Å². The van der Waals surface area contributed by atoms with Crippen LogP contribution in [0.2, 0.25) is 0 Å². The van der Waals surface area contributed by atoms with Crippen LogP contribution in [0.5, 0.6) is 0 Å². The summed E-state index contributed by atoms with van der Waals surface area (Å²) in [5.74, 6) is -4.23. The fraction of sp³-hybridized carbons (Fsp3) is 0.120. The molecule has 2 aromatic carbocycles. The molecule has 1 heterocycles. The lowest BCUT2D eigenvalue weighted by Crippen LogP contribution is -2.21. The standard InChI is InChI=1S/C23H20N2O3.C2HF3O2/c26-22(11-9-18-12-14-24-15-13-18)25-21-16-19(8-10-20(21)23(27)28)7-6-17-4-2-1-3-5-17;3-2(4,5)1(6)7/h1-5,8-16H,6-7H2,(H,25,26)(H,27,28);(H,6,7)/b11-9+;. The van der Waals surface area contributed by atoms with Crippen LogP contribution in [-0.2, 0) is 22.4 Å². The molecule has 35 heavy (non-hydrogen) atoms. The minimum absolute atomic E-state index is 0.0640. The van der Waals surface area contributed by atoms with Gasteiger partial charge < -0.3 is 15.5 Å². The average molecular weight is 486 g/mol. The highest BCUT2D eigenvalue weighted by molar-refractivity contribution is 6.06. The number of pyridine rings is 1. The minimum atomic E-state index is -5.08. The third kappa shape index (κ3) is 9.50. The highest BCUT2D eigenvalue weighted by atomic mass is 19.4. The smallest absolute Gasteiger partial charge is 0.478 e. The molecule has 1 aromatic heterocycles. The van der Waals surface area contributed by atoms with Gasteiger partial charge >= 0.3 is 18.1 Å². The van der Waals surface area contributed by atoms with Gasteiger partial charge in [0.15, 0.2) is 0 Å². The third-order valence-corrected chi connectivity index (χ3v) is 4.49. The van der Waals surface area contributed by atoms with Crippen molar-refractivity contribution in [1.29, 1.82) is 0 Å². The average Bonchev–Trinajstić information content (AvgIpc) is 2.82. The van der Waals surface area contributed by atoms with Crippen molar-refractivity contribution in [2.75, 3.05) is 5.32 Å². The second-order valence-electron chi connectivity index (χ2n) is 7.08. The van der Waals surface area contributed by atoms with Gasteiger partial charge in [0, 0.05) is 18.5 Å². The lowest BCUT2D eigenvalue weighted by Gasteiger charge is -2.10. The number of carboxylic acids is 2. The van der Waals surface area contributed by atoms with Gasteiger partial charge in [-0.1, -0.05) is 36.4 Å². The number of hydrogen-bond acceptors (Lipinski definition) is 4. The van der Waals surface area contributed by atoms with E-state index in [4.69, 9.17) is 9.90 Å². The van der Waals surface area contributed by atoms with Crippen molar-refractivity contribution in [3.63, 3.8) is 0 Å². The molecule has 0 atom stereocenters. The van der Waals surface area contributed by atoms with Gasteiger partial charge in [-0.3, -0.25) is 9.78 Å². The number of rotatable bonds is 7. The highest BCUT2D eigenvalue weighted by Crippen LogP contribution is 2.20. The Morgan fingerprint density at radius 2 is 1.49 bits per heavy atom. The molecule has 3 aromatic rings. The number of aliphatic carboxylic acids is 1. The summed E-state index contributed by atoms with van der Waals surface area (Å²) in [6, 6.07) is 18.7. The van der Waals surface area contributed by atoms with Crippen molar-refractivity contribution in [3.8, 4) is 0 Å². The van der Waals surface area contributed by atoms with Crippen molar-refractivity contribution < 1.29 is 37.8 Å². The van der Waals surface area contributed by atoms with Crippen molar-refractivity contribution in [2.45, 2.75) is 19.0 Å². The zero-order valence-corrected chi connectivity index (χ0v) is 18.2. The molecule has 0 aliphatic carbocycles. The van der Waals surface area contributed by atoms with Crippen LogP contribution in [0.4, 0.5) is 18.9 Å². The van der Waals surface area contributed by atoms with E-state index in [1.807, 2.05) is 18.2 Å². The first kappa shape index (κ1) is 26.8. The van der Waals surface area contributed by atoms with Crippen LogP contribution in [0.3, 0.4) is 0 Å². The number of nitrogens with one attached hydrogen (secondary N) is 1. The number of aryl methyl sites for hydroxylation is 2. The maximum atomic E-state index is 12.2. The number of carboxylic acid groups (broad SMARTS) is 2. The number of carbonyl (C=O) groups excluding carboxylic acids is 1. The molecule has 0 fully saturated rings. The number of benzene rings is 2. The molecular formula is C25H21F3N2O5. The van der Waals surface area contributed by atoms with Crippen molar-refractivity contribution >= 4 is 29.6 Å². The van der Waals surface area contributed by atoms with E-state index in [9.17, 15) is 27.9 Å². The molecule has 3 rings (SSSR count). The van der Waals surface area contributed by atoms with Crippen molar-refractivity contribution in [1.82, 2.24) is 4.98 Å². The number of aromatic carboxylic acids is 1. The maximum absolute atomic E-state index is 12.2. The second kappa shape index (κ2) is 12.7. The molecule has 0 bridgehead atoms. The largest absolute Gasteiger partial charge is 0.490 e. The number of anilines is 1. The summed E-state index contributed by atoms with van der Waals surface area (Å²) in [4.78, 5) is 36.6. The van der Waals surface area contributed by atoms with E-state index in [0.29, 0.717) is 5.69 Å². The monoisotopic (exact) mass is 486 g/mol. The lowest BCUT2D eigenvalue weighted by molar-refractivity contribution is -0.192. The first-order chi connectivity index (χ1) is 16.6. The number of nitrogens with zero attached hydrogens (tertiary/aromatic N) is 1. The van der Waals surface area contributed by atoms with Gasteiger partial charge in [0.05, 0.1) is 11.3 Å². The molecule has 3 N–H and O–H groups in total. The predicted octanol–water partition coefficient (Wildman–Crippen LogP) is 4.85. The molecule has 10 heteroatoms. The summed E-state index contributed by atoms with van der Waals surface area (Å²) in [7, 11) is 0. The topological polar surface area (TPSA) is 117 Å². The van der Waals surface area contributed by atoms with Crippen LogP contribution in [-0.4, -0.2) is 39.2 Å². The number of hydrogen-bond donors (Lipinski definition) is 3. The van der Waals surface area contributed by atoms with Gasteiger partial charge in [0.1, 0.15) is 0 Å². The molecule has 0 saturated carbocycles. The molecule has 0 aliphatic rings. The van der Waals surface area contributed by atoms with Gasteiger partial charge in [0.2, 0.25) is 5.91 Å². The second-order valence-corrected chi connectivity index (χ2v) is 7.08. The van der Waals surface area contributed by atoms with Gasteiger partial charge in [0.25, 0.3) is 0 Å². The van der Waals surface area contributed by atoms with Crippen molar-refractivity contribution in [3.05, 3.63) is 101 Å². The fourth-order valence-corrected chi connectivity index (χ4v) is 2.79. The normalized spacial score (nSPS) is 10.8. The third-order valence-electron chi connectivity index (χ3n) is 4.49. The van der Waals surface area contributed by atoms with E-state index in [1.54, 1.807) is 42.7 Å². The summed E-state index contributed by atoms with van der Waals surface area (Å²) in [5, 5.41) is 19.2. The number of carbonyl (C=O) groups is 3. The molecule has 182 valence electrons. The van der Waals surface area contributed by atoms with Gasteiger partial charge in [-0.2, -0.15) is 13.2 Å². The molecule has 0 aliphatic heterocycles. The molecule has 1 amide bonds. The number of aromatic nitrogens is 1. The molecule has 0 spiro atoms. The Balaban J connectivity index is 0.000000540. The van der Waals surface area contributed by atoms with Crippen LogP contribution in [0.1, 0.15) is 27.0 Å². The van der Waals surface area contributed by atoms with Crippen LogP contribution in [0, 0.1) is 0 Å². The molecule has 0 saturated heterocycles. The molecule has 7 nitrogen and oxygen atoms in total. The van der Waals surface area contributed by atoms with Gasteiger partial charge in [-0.15, -0.1) is 0 Å². The van der Waals surface area contributed by atoms with E-state index in [1.165, 1.54) is 17.7 Å². The van der Waals surface area contributed by atoms with E-state index >= 15 is 0 Å². The first-order valence-corrected chi connectivity index (χ1v) is 10.2. The number of alkyl halides is 3. The van der Waals surface area contributed by atoms with Crippen LogP contribution < -0.4 is 5.32 Å². The van der Waals surface area contributed by atoms with E-state index in [0.717, 1.165) is 24.0 Å². The Bertz CT molecular complexity index is 1180. The number of halogens is 3. The lowest BCUT2D eigenvalue weighted by atomic mass is 10.0. The minimum Gasteiger partial charge on any atom is -0.478 e. The Hall–Kier alpha value is -4.47. The molecule has 0 unspecified atom stereocenters. The first-order valence-electron chi connectivity index (χ1n) is 10.2. The predicted molar refractivity (Wildman–Crippen MR) is 123 cm³/mol. The summed E-state index contributed by atoms with van der Waals surface area (Å²) in [5.41, 5.74) is 3.36. The quantitative estimate of drug-likeness (QED) is 0.411. The highest BCUT2D eigenvalue weighted by Gasteiger charge is 2.38. The van der Waals surface area contributed by atoms with E-state index < -0.39 is 18.1 Å². The summed E-state index contributed by atoms with van der Waals surface area (Å²) >= 11 is 0. The number of amides is 1. The molecule has 0 radical (unpaired) electrons. The van der Waals surface area contributed by atoms with E-state index in [2.05, 4.69) is 22.4 Å². The Morgan fingerprint density at radius 3 is 2.06 bits per heavy atom. The summed E-state index contributed by atoms with van der Waals surface area (Å²) in [6.45, 7) is 0. The Labute approximate surface area is 198 Å². The fourth-order valence-electron chi connectivity index (χ4n) is 2.79. The maximum Gasteiger partial charge on any atom is 0.490 e. The summed E-state index contributed by atoms with van der Waals surface area (Å²) < 4.78 is 31.7.